The number of fused-ring (bicyclic) bond motifs is 5. The van der Waals surface area contributed by atoms with E-state index in [0.29, 0.717) is 0 Å². The van der Waals surface area contributed by atoms with Crippen LogP contribution in [0.1, 0.15) is 17.2 Å². The van der Waals surface area contributed by atoms with E-state index in [2.05, 4.69) is 0 Å². The number of hydrogen-bond donors (Lipinski definition) is 0. The van der Waals surface area contributed by atoms with Crippen molar-refractivity contribution in [2.45, 2.75) is 12.1 Å². The van der Waals surface area contributed by atoms with Crippen LogP contribution in [0.25, 0.3) is 6.08 Å². The van der Waals surface area contributed by atoms with Crippen molar-refractivity contribution < 1.29 is 24.0 Å². The predicted octanol–water partition coefficient (Wildman–Crippen LogP) is 2.28. The lowest BCUT2D eigenvalue weighted by Crippen LogP contribution is -2.44. The number of hydrogen-bond acceptors (Lipinski definition) is 7. The Balaban J connectivity index is 1.64. The molecule has 0 radical (unpaired) electrons. The molecule has 2 amide bonds. The van der Waals surface area contributed by atoms with E-state index in [9.17, 15) is 24.5 Å². The predicted molar refractivity (Wildman–Crippen MR) is 108 cm³/mol. The van der Waals surface area contributed by atoms with Gasteiger partial charge < -0.3 is 9.64 Å². The van der Waals surface area contributed by atoms with Gasteiger partial charge in [0.15, 0.2) is 0 Å². The Labute approximate surface area is 176 Å². The molecule has 0 unspecified atom stereocenters. The van der Waals surface area contributed by atoms with Crippen LogP contribution in [0, 0.1) is 22.0 Å². The summed E-state index contributed by atoms with van der Waals surface area (Å²) in [6.45, 7) is 0. The van der Waals surface area contributed by atoms with E-state index in [0.717, 1.165) is 16.0 Å². The van der Waals surface area contributed by atoms with E-state index in [-0.39, 0.29) is 11.4 Å². The second kappa shape index (κ2) is 6.76. The lowest BCUT2D eigenvalue weighted by Gasteiger charge is -2.34. The Morgan fingerprint density at radius 3 is 2.55 bits per heavy atom. The highest BCUT2D eigenvalue weighted by molar-refractivity contribution is 6.24. The van der Waals surface area contributed by atoms with Crippen molar-refractivity contribution in [2.75, 3.05) is 12.0 Å². The molecule has 9 heteroatoms. The molecule has 2 aromatic carbocycles. The SMILES string of the molecule is COC(=O)[C@H]1[C@@H]2C(=O)N(c3cccc([N+](=O)[O-])c3)C(=O)[C@@H]2[C@H]2c3ccccc3C=CN21. The molecule has 0 N–H and O–H groups in total. The van der Waals surface area contributed by atoms with Crippen LogP contribution in [-0.4, -0.2) is 40.8 Å². The van der Waals surface area contributed by atoms with E-state index < -0.39 is 46.6 Å². The number of non-ortho nitro benzene ring substituents is 1. The Kier molecular flexibility index (Phi) is 4.14. The molecule has 156 valence electrons. The van der Waals surface area contributed by atoms with Gasteiger partial charge in [0.2, 0.25) is 11.8 Å². The average Bonchev–Trinajstić information content (AvgIpc) is 3.26. The van der Waals surface area contributed by atoms with Gasteiger partial charge in [-0.2, -0.15) is 0 Å². The molecule has 4 atom stereocenters. The Hall–Kier alpha value is -4.01. The first kappa shape index (κ1) is 19.0. The number of nitro groups is 1. The fourth-order valence-corrected chi connectivity index (χ4v) is 4.95. The Morgan fingerprint density at radius 2 is 1.81 bits per heavy atom. The van der Waals surface area contributed by atoms with E-state index in [1.807, 2.05) is 30.3 Å². The zero-order valence-electron chi connectivity index (χ0n) is 16.4. The molecule has 0 aliphatic carbocycles. The van der Waals surface area contributed by atoms with Crippen LogP contribution in [0.4, 0.5) is 11.4 Å². The maximum Gasteiger partial charge on any atom is 0.329 e. The Bertz CT molecular complexity index is 1180. The molecular formula is C22H17N3O6. The lowest BCUT2D eigenvalue weighted by atomic mass is 9.84. The highest BCUT2D eigenvalue weighted by atomic mass is 16.6. The maximum atomic E-state index is 13.5. The van der Waals surface area contributed by atoms with Gasteiger partial charge in [-0.3, -0.25) is 19.7 Å². The standard InChI is InChI=1S/C22H17N3O6/c1-31-22(28)19-17-16(18-15-8-3-2-5-12(15)9-10-23(18)19)20(26)24(21(17)27)13-6-4-7-14(11-13)25(29)30/h2-11,16-19H,1H3/t16-,17+,18+,19+/m0/s1. The zero-order chi connectivity index (χ0) is 21.9. The number of nitro benzene ring substituents is 1. The largest absolute Gasteiger partial charge is 0.467 e. The summed E-state index contributed by atoms with van der Waals surface area (Å²) < 4.78 is 4.97. The number of rotatable bonds is 3. The summed E-state index contributed by atoms with van der Waals surface area (Å²) >= 11 is 0. The molecule has 0 saturated carbocycles. The average molecular weight is 419 g/mol. The maximum absolute atomic E-state index is 13.5. The van der Waals surface area contributed by atoms with E-state index in [4.69, 9.17) is 4.74 Å². The Morgan fingerprint density at radius 1 is 1.06 bits per heavy atom. The molecule has 3 heterocycles. The van der Waals surface area contributed by atoms with Gasteiger partial charge in [-0.1, -0.05) is 30.3 Å². The number of methoxy groups -OCH3 is 1. The number of esters is 1. The molecule has 2 saturated heterocycles. The lowest BCUT2D eigenvalue weighted by molar-refractivity contribution is -0.384. The summed E-state index contributed by atoms with van der Waals surface area (Å²) in [4.78, 5) is 53.0. The van der Waals surface area contributed by atoms with Crippen molar-refractivity contribution in [3.8, 4) is 0 Å². The van der Waals surface area contributed by atoms with Crippen molar-refractivity contribution in [3.05, 3.63) is 76.0 Å². The third-order valence-corrected chi connectivity index (χ3v) is 6.20. The molecule has 2 fully saturated rings. The minimum atomic E-state index is -0.968. The normalized spacial score (nSPS) is 25.8. The summed E-state index contributed by atoms with van der Waals surface area (Å²) in [6, 6.07) is 11.4. The molecule has 0 bridgehead atoms. The van der Waals surface area contributed by atoms with Gasteiger partial charge >= 0.3 is 5.97 Å². The van der Waals surface area contributed by atoms with Gasteiger partial charge in [-0.25, -0.2) is 9.69 Å². The van der Waals surface area contributed by atoms with Crippen LogP contribution < -0.4 is 4.90 Å². The number of imide groups is 1. The molecule has 5 rings (SSSR count). The number of benzene rings is 2. The highest BCUT2D eigenvalue weighted by Crippen LogP contribution is 2.53. The van der Waals surface area contributed by atoms with Crippen molar-refractivity contribution in [1.29, 1.82) is 0 Å². The molecule has 2 aromatic rings. The molecule has 3 aliphatic heterocycles. The monoisotopic (exact) mass is 419 g/mol. The van der Waals surface area contributed by atoms with E-state index in [1.165, 1.54) is 31.4 Å². The summed E-state index contributed by atoms with van der Waals surface area (Å²) in [5.41, 5.74) is 1.64. The van der Waals surface area contributed by atoms with Crippen LogP contribution in [0.15, 0.2) is 54.7 Å². The van der Waals surface area contributed by atoms with Crippen LogP contribution in [-0.2, 0) is 19.1 Å². The summed E-state index contributed by atoms with van der Waals surface area (Å²) in [5, 5.41) is 11.2. The van der Waals surface area contributed by atoms with Crippen molar-refractivity contribution in [3.63, 3.8) is 0 Å². The van der Waals surface area contributed by atoms with Crippen molar-refractivity contribution in [1.82, 2.24) is 4.90 Å². The minimum Gasteiger partial charge on any atom is -0.467 e. The van der Waals surface area contributed by atoms with Crippen molar-refractivity contribution in [2.24, 2.45) is 11.8 Å². The molecule has 0 aromatic heterocycles. The highest BCUT2D eigenvalue weighted by Gasteiger charge is 2.65. The number of anilines is 1. The van der Waals surface area contributed by atoms with Gasteiger partial charge in [0, 0.05) is 18.3 Å². The topological polar surface area (TPSA) is 110 Å². The third-order valence-electron chi connectivity index (χ3n) is 6.20. The number of nitrogens with zero attached hydrogens (tertiary/aromatic N) is 3. The quantitative estimate of drug-likeness (QED) is 0.325. The fourth-order valence-electron chi connectivity index (χ4n) is 4.95. The number of carbonyl (C=O) groups excluding carboxylic acids is 3. The van der Waals surface area contributed by atoms with Gasteiger partial charge in [0.1, 0.15) is 6.04 Å². The fraction of sp³-hybridized carbons (Fsp3) is 0.227. The van der Waals surface area contributed by atoms with Gasteiger partial charge in [0.25, 0.3) is 5.69 Å². The van der Waals surface area contributed by atoms with E-state index in [1.54, 1.807) is 11.1 Å². The molecular weight excluding hydrogens is 402 g/mol. The number of amides is 2. The molecule has 31 heavy (non-hydrogen) atoms. The van der Waals surface area contributed by atoms with Crippen LogP contribution in [0.2, 0.25) is 0 Å². The van der Waals surface area contributed by atoms with E-state index >= 15 is 0 Å². The smallest absolute Gasteiger partial charge is 0.329 e. The second-order valence-electron chi connectivity index (χ2n) is 7.65. The van der Waals surface area contributed by atoms with Crippen LogP contribution in [0.5, 0.6) is 0 Å². The number of ether oxygens (including phenoxy) is 1. The second-order valence-corrected chi connectivity index (χ2v) is 7.65. The van der Waals surface area contributed by atoms with Gasteiger partial charge in [-0.15, -0.1) is 0 Å². The zero-order valence-corrected chi connectivity index (χ0v) is 16.4. The van der Waals surface area contributed by atoms with Crippen LogP contribution >= 0.6 is 0 Å². The van der Waals surface area contributed by atoms with Gasteiger partial charge in [-0.05, 0) is 23.3 Å². The van der Waals surface area contributed by atoms with Gasteiger partial charge in [0.05, 0.1) is 35.6 Å². The van der Waals surface area contributed by atoms with Crippen molar-refractivity contribution >= 4 is 35.2 Å². The minimum absolute atomic E-state index is 0.119. The molecule has 0 spiro atoms. The summed E-state index contributed by atoms with van der Waals surface area (Å²) in [5.74, 6) is -3.43. The molecule has 9 nitrogen and oxygen atoms in total. The summed E-state index contributed by atoms with van der Waals surface area (Å²) in [7, 11) is 1.24. The number of carbonyl (C=O) groups is 3. The summed E-state index contributed by atoms with van der Waals surface area (Å²) in [6.07, 6.45) is 3.57. The first-order valence-electron chi connectivity index (χ1n) is 9.68. The first-order chi connectivity index (χ1) is 14.9. The van der Waals surface area contributed by atoms with Crippen LogP contribution in [0.3, 0.4) is 0 Å². The third kappa shape index (κ3) is 2.59. The molecule has 3 aliphatic rings. The first-order valence-corrected chi connectivity index (χ1v) is 9.68.